The summed E-state index contributed by atoms with van der Waals surface area (Å²) in [5, 5.41) is 12.5. The molecule has 26 heavy (non-hydrogen) atoms. The third kappa shape index (κ3) is 6.76. The molecule has 2 N–H and O–H groups in total. The molecule has 1 unspecified atom stereocenters. The van der Waals surface area contributed by atoms with E-state index in [0.717, 1.165) is 11.1 Å². The Labute approximate surface area is 158 Å². The fraction of sp³-hybridized carbons (Fsp3) is 0.300. The number of carboxylic acid groups (broad SMARTS) is 1. The van der Waals surface area contributed by atoms with Crippen LogP contribution in [0.25, 0.3) is 0 Å². The first-order chi connectivity index (χ1) is 12.4. The van der Waals surface area contributed by atoms with Gasteiger partial charge in [-0.25, -0.2) is 4.79 Å². The molecular weight excluding hydrogens is 352 g/mol. The van der Waals surface area contributed by atoms with Crippen molar-refractivity contribution in [2.45, 2.75) is 31.8 Å². The summed E-state index contributed by atoms with van der Waals surface area (Å²) in [7, 11) is 1.70. The number of nitrogens with zero attached hydrogens (tertiary/aromatic N) is 1. The first kappa shape index (κ1) is 19.8. The summed E-state index contributed by atoms with van der Waals surface area (Å²) < 4.78 is 0. The van der Waals surface area contributed by atoms with Crippen LogP contribution in [0.2, 0.25) is 5.02 Å². The maximum Gasteiger partial charge on any atom is 0.317 e. The number of amides is 2. The lowest BCUT2D eigenvalue weighted by molar-refractivity contribution is -0.137. The summed E-state index contributed by atoms with van der Waals surface area (Å²) in [5.74, 6) is -0.871. The number of benzene rings is 2. The van der Waals surface area contributed by atoms with E-state index >= 15 is 0 Å². The standard InChI is InChI=1S/C20H23ClN2O3/c1-23(14-16-8-5-9-17(21)12-16)20(26)22-18(10-11-19(24)25)13-15-6-3-2-4-7-15/h2-9,12,18H,10-11,13-14H2,1H3,(H,22,26)(H,24,25). The average molecular weight is 375 g/mol. The number of halogens is 1. The van der Waals surface area contributed by atoms with Gasteiger partial charge in [-0.1, -0.05) is 54.1 Å². The molecule has 2 amide bonds. The van der Waals surface area contributed by atoms with Gasteiger partial charge in [-0.15, -0.1) is 0 Å². The van der Waals surface area contributed by atoms with Crippen LogP contribution in [0.3, 0.4) is 0 Å². The normalized spacial score (nSPS) is 11.6. The van der Waals surface area contributed by atoms with Gasteiger partial charge in [-0.3, -0.25) is 4.79 Å². The fourth-order valence-corrected chi connectivity index (χ4v) is 2.90. The topological polar surface area (TPSA) is 69.6 Å². The van der Waals surface area contributed by atoms with Gasteiger partial charge >= 0.3 is 12.0 Å². The highest BCUT2D eigenvalue weighted by Gasteiger charge is 2.17. The highest BCUT2D eigenvalue weighted by molar-refractivity contribution is 6.30. The summed E-state index contributed by atoms with van der Waals surface area (Å²) in [4.78, 5) is 25.0. The first-order valence-corrected chi connectivity index (χ1v) is 8.83. The van der Waals surface area contributed by atoms with Crippen LogP contribution in [0.4, 0.5) is 4.79 Å². The second-order valence-electron chi connectivity index (χ2n) is 6.25. The second-order valence-corrected chi connectivity index (χ2v) is 6.69. The molecule has 2 aromatic carbocycles. The summed E-state index contributed by atoms with van der Waals surface area (Å²) >= 11 is 5.98. The molecule has 138 valence electrons. The molecular formula is C20H23ClN2O3. The van der Waals surface area contributed by atoms with Crippen molar-refractivity contribution < 1.29 is 14.7 Å². The van der Waals surface area contributed by atoms with E-state index in [-0.39, 0.29) is 18.5 Å². The summed E-state index contributed by atoms with van der Waals surface area (Å²) in [6, 6.07) is 16.6. The van der Waals surface area contributed by atoms with Gasteiger partial charge in [0.05, 0.1) is 0 Å². The Balaban J connectivity index is 1.98. The molecule has 0 aliphatic carbocycles. The van der Waals surface area contributed by atoms with Crippen molar-refractivity contribution in [3.05, 3.63) is 70.7 Å². The Morgan fingerprint density at radius 1 is 1.12 bits per heavy atom. The Morgan fingerprint density at radius 2 is 1.81 bits per heavy atom. The maximum absolute atomic E-state index is 12.5. The van der Waals surface area contributed by atoms with Crippen molar-refractivity contribution in [2.24, 2.45) is 0 Å². The number of nitrogens with one attached hydrogen (secondary N) is 1. The molecule has 2 rings (SSSR count). The predicted octanol–water partition coefficient (Wildman–Crippen LogP) is 3.96. The van der Waals surface area contributed by atoms with E-state index in [1.165, 1.54) is 0 Å². The Hall–Kier alpha value is -2.53. The molecule has 6 heteroatoms. The number of hydrogen-bond donors (Lipinski definition) is 2. The molecule has 5 nitrogen and oxygen atoms in total. The number of carboxylic acids is 1. The average Bonchev–Trinajstić information content (AvgIpc) is 2.60. The van der Waals surface area contributed by atoms with E-state index in [9.17, 15) is 9.59 Å². The summed E-state index contributed by atoms with van der Waals surface area (Å²) in [6.45, 7) is 0.420. The molecule has 2 aromatic rings. The molecule has 0 saturated carbocycles. The monoisotopic (exact) mass is 374 g/mol. The van der Waals surface area contributed by atoms with Gasteiger partial charge in [0.1, 0.15) is 0 Å². The number of hydrogen-bond acceptors (Lipinski definition) is 2. The Bertz CT molecular complexity index is 737. The van der Waals surface area contributed by atoms with Gasteiger partial charge in [0.2, 0.25) is 0 Å². The number of carbonyl (C=O) groups is 2. The van der Waals surface area contributed by atoms with Gasteiger partial charge in [0.25, 0.3) is 0 Å². The molecule has 0 heterocycles. The van der Waals surface area contributed by atoms with E-state index in [4.69, 9.17) is 16.7 Å². The number of aliphatic carboxylic acids is 1. The first-order valence-electron chi connectivity index (χ1n) is 8.46. The van der Waals surface area contributed by atoms with Crippen molar-refractivity contribution in [3.8, 4) is 0 Å². The van der Waals surface area contributed by atoms with Crippen molar-refractivity contribution in [2.75, 3.05) is 7.05 Å². The highest BCUT2D eigenvalue weighted by atomic mass is 35.5. The van der Waals surface area contributed by atoms with Crippen LogP contribution in [0.5, 0.6) is 0 Å². The van der Waals surface area contributed by atoms with E-state index in [0.29, 0.717) is 24.4 Å². The zero-order valence-corrected chi connectivity index (χ0v) is 15.4. The van der Waals surface area contributed by atoms with E-state index in [1.807, 2.05) is 48.5 Å². The lowest BCUT2D eigenvalue weighted by atomic mass is 10.0. The third-order valence-corrected chi connectivity index (χ3v) is 4.25. The zero-order valence-electron chi connectivity index (χ0n) is 14.7. The SMILES string of the molecule is CN(Cc1cccc(Cl)c1)C(=O)NC(CCC(=O)O)Cc1ccccc1. The van der Waals surface area contributed by atoms with Crippen molar-refractivity contribution in [1.29, 1.82) is 0 Å². The quantitative estimate of drug-likeness (QED) is 0.734. The van der Waals surface area contributed by atoms with Crippen LogP contribution in [0, 0.1) is 0 Å². The van der Waals surface area contributed by atoms with Crippen molar-refractivity contribution in [1.82, 2.24) is 10.2 Å². The highest BCUT2D eigenvalue weighted by Crippen LogP contribution is 2.13. The van der Waals surface area contributed by atoms with Gasteiger partial charge in [-0.05, 0) is 36.1 Å². The predicted molar refractivity (Wildman–Crippen MR) is 102 cm³/mol. The van der Waals surface area contributed by atoms with Crippen LogP contribution >= 0.6 is 11.6 Å². The molecule has 0 bridgehead atoms. The smallest absolute Gasteiger partial charge is 0.317 e. The molecule has 0 aliphatic heterocycles. The van der Waals surface area contributed by atoms with Crippen LogP contribution in [-0.2, 0) is 17.8 Å². The number of rotatable bonds is 8. The minimum atomic E-state index is -0.871. The lowest BCUT2D eigenvalue weighted by Gasteiger charge is -2.24. The minimum Gasteiger partial charge on any atom is -0.481 e. The summed E-state index contributed by atoms with van der Waals surface area (Å²) in [6.07, 6.45) is 0.974. The summed E-state index contributed by atoms with van der Waals surface area (Å²) in [5.41, 5.74) is 1.99. The molecule has 0 aliphatic rings. The largest absolute Gasteiger partial charge is 0.481 e. The second kappa shape index (κ2) is 9.82. The zero-order chi connectivity index (χ0) is 18.9. The Kier molecular flexibility index (Phi) is 7.48. The van der Waals surface area contributed by atoms with Crippen LogP contribution < -0.4 is 5.32 Å². The Morgan fingerprint density at radius 3 is 2.46 bits per heavy atom. The van der Waals surface area contributed by atoms with E-state index < -0.39 is 5.97 Å². The molecule has 0 spiro atoms. The van der Waals surface area contributed by atoms with Crippen molar-refractivity contribution >= 4 is 23.6 Å². The van der Waals surface area contributed by atoms with Crippen LogP contribution in [0.1, 0.15) is 24.0 Å². The van der Waals surface area contributed by atoms with Crippen molar-refractivity contribution in [3.63, 3.8) is 0 Å². The molecule has 0 radical (unpaired) electrons. The minimum absolute atomic E-state index is 0.00971. The number of urea groups is 1. The lowest BCUT2D eigenvalue weighted by Crippen LogP contribution is -2.44. The van der Waals surface area contributed by atoms with Gasteiger partial charge < -0.3 is 15.3 Å². The molecule has 0 saturated heterocycles. The molecule has 0 fully saturated rings. The number of carbonyl (C=O) groups excluding carboxylic acids is 1. The van der Waals surface area contributed by atoms with Crippen LogP contribution in [-0.4, -0.2) is 35.1 Å². The van der Waals surface area contributed by atoms with Gasteiger partial charge in [-0.2, -0.15) is 0 Å². The van der Waals surface area contributed by atoms with Gasteiger partial charge in [0, 0.05) is 31.1 Å². The maximum atomic E-state index is 12.5. The molecule has 1 atom stereocenters. The molecule has 0 aromatic heterocycles. The van der Waals surface area contributed by atoms with E-state index in [2.05, 4.69) is 5.32 Å². The third-order valence-electron chi connectivity index (χ3n) is 4.01. The fourth-order valence-electron chi connectivity index (χ4n) is 2.69. The van der Waals surface area contributed by atoms with E-state index in [1.54, 1.807) is 18.0 Å². The van der Waals surface area contributed by atoms with Gasteiger partial charge in [0.15, 0.2) is 0 Å². The van der Waals surface area contributed by atoms with Crippen LogP contribution in [0.15, 0.2) is 54.6 Å².